The third kappa shape index (κ3) is 3.04. The fourth-order valence-electron chi connectivity index (χ4n) is 3.91. The van der Waals surface area contributed by atoms with Crippen LogP contribution in [-0.4, -0.2) is 26.3 Å². The Bertz CT molecular complexity index is 1290. The number of amides is 1. The van der Waals surface area contributed by atoms with Gasteiger partial charge in [0.25, 0.3) is 0 Å². The van der Waals surface area contributed by atoms with Crippen molar-refractivity contribution in [3.8, 4) is 22.5 Å². The first kappa shape index (κ1) is 18.8. The number of benzene rings is 3. The summed E-state index contributed by atoms with van der Waals surface area (Å²) >= 11 is 1.32. The van der Waals surface area contributed by atoms with Crippen LogP contribution >= 0.6 is 11.8 Å². The highest BCUT2D eigenvalue weighted by Gasteiger charge is 2.26. The molecule has 0 radical (unpaired) electrons. The SMILES string of the molecule is Cc1cccc(C)c1NC(=O)C(C)Sc1nnc2c(n1)-c1cccc3cccc-2c13. The maximum absolute atomic E-state index is 12.8. The topological polar surface area (TPSA) is 67.8 Å². The fraction of sp³-hybridized carbons (Fsp3) is 0.167. The maximum Gasteiger partial charge on any atom is 0.237 e. The first-order chi connectivity index (χ1) is 14.5. The van der Waals surface area contributed by atoms with Crippen LogP contribution in [0.4, 0.5) is 5.69 Å². The number of carbonyl (C=O) groups excluding carboxylic acids is 1. The number of aryl methyl sites for hydroxylation is 2. The highest BCUT2D eigenvalue weighted by atomic mass is 32.2. The van der Waals surface area contributed by atoms with Gasteiger partial charge in [-0.1, -0.05) is 66.4 Å². The van der Waals surface area contributed by atoms with E-state index in [0.29, 0.717) is 5.16 Å². The molecule has 148 valence electrons. The summed E-state index contributed by atoms with van der Waals surface area (Å²) in [6.07, 6.45) is 0. The second-order valence-corrected chi connectivity index (χ2v) is 8.82. The van der Waals surface area contributed by atoms with Crippen LogP contribution < -0.4 is 5.32 Å². The average molecular weight is 413 g/mol. The van der Waals surface area contributed by atoms with Crippen LogP contribution in [0.1, 0.15) is 18.1 Å². The zero-order chi connectivity index (χ0) is 20.8. The van der Waals surface area contributed by atoms with Crippen LogP contribution in [0.2, 0.25) is 0 Å². The summed E-state index contributed by atoms with van der Waals surface area (Å²) in [6, 6.07) is 18.3. The molecule has 3 aromatic carbocycles. The lowest BCUT2D eigenvalue weighted by atomic mass is 10.0. The van der Waals surface area contributed by atoms with Gasteiger partial charge in [-0.3, -0.25) is 4.79 Å². The van der Waals surface area contributed by atoms with Crippen LogP contribution in [0.3, 0.4) is 0 Å². The minimum Gasteiger partial charge on any atom is -0.325 e. The summed E-state index contributed by atoms with van der Waals surface area (Å²) in [4.78, 5) is 17.5. The molecule has 0 saturated heterocycles. The molecule has 1 N–H and O–H groups in total. The number of thioether (sulfide) groups is 1. The summed E-state index contributed by atoms with van der Waals surface area (Å²) in [7, 11) is 0. The Morgan fingerprint density at radius 1 is 0.900 bits per heavy atom. The number of fused-ring (bicyclic) bond motifs is 3. The Balaban J connectivity index is 1.41. The minimum atomic E-state index is -0.358. The van der Waals surface area contributed by atoms with Crippen LogP contribution in [0.15, 0.2) is 59.8 Å². The number of para-hydroxylation sites is 1. The van der Waals surface area contributed by atoms with Crippen LogP contribution in [-0.2, 0) is 4.79 Å². The third-order valence-electron chi connectivity index (χ3n) is 5.46. The van der Waals surface area contributed by atoms with E-state index in [1.807, 2.05) is 51.1 Å². The normalized spacial score (nSPS) is 12.6. The number of hydrogen-bond acceptors (Lipinski definition) is 5. The highest BCUT2D eigenvalue weighted by molar-refractivity contribution is 8.00. The summed E-state index contributed by atoms with van der Waals surface area (Å²) < 4.78 is 0. The van der Waals surface area contributed by atoms with Gasteiger partial charge in [-0.25, -0.2) is 4.98 Å². The van der Waals surface area contributed by atoms with Gasteiger partial charge in [0.15, 0.2) is 0 Å². The van der Waals surface area contributed by atoms with Crippen LogP contribution in [0.5, 0.6) is 0 Å². The van der Waals surface area contributed by atoms with E-state index < -0.39 is 0 Å². The number of hydrogen-bond donors (Lipinski definition) is 1. The van der Waals surface area contributed by atoms with Crippen molar-refractivity contribution in [2.75, 3.05) is 5.32 Å². The molecule has 5 nitrogen and oxygen atoms in total. The minimum absolute atomic E-state index is 0.0770. The molecule has 1 heterocycles. The molecule has 1 atom stereocenters. The maximum atomic E-state index is 12.8. The molecule has 0 bridgehead atoms. The molecule has 4 aromatic rings. The van der Waals surface area contributed by atoms with Crippen molar-refractivity contribution in [1.82, 2.24) is 15.2 Å². The molecule has 1 aliphatic carbocycles. The van der Waals surface area contributed by atoms with Crippen molar-refractivity contribution in [3.05, 3.63) is 65.7 Å². The lowest BCUT2D eigenvalue weighted by Gasteiger charge is -2.15. The zero-order valence-corrected chi connectivity index (χ0v) is 17.7. The van der Waals surface area contributed by atoms with Crippen LogP contribution in [0, 0.1) is 13.8 Å². The predicted octanol–water partition coefficient (Wildman–Crippen LogP) is 5.41. The quantitative estimate of drug-likeness (QED) is 0.400. The standard InChI is InChI=1S/C24H20N4OS/c1-13-7-4-8-14(2)20(13)25-23(29)15(3)30-24-26-21-17-11-5-9-16-10-6-12-18(19(16)17)22(21)27-28-24/h4-12,15H,1-3H3,(H,25,29). The van der Waals surface area contributed by atoms with Crippen molar-refractivity contribution in [1.29, 1.82) is 0 Å². The molecule has 0 spiro atoms. The Labute approximate surface area is 179 Å². The number of aromatic nitrogens is 3. The van der Waals surface area contributed by atoms with Gasteiger partial charge in [0, 0.05) is 22.2 Å². The smallest absolute Gasteiger partial charge is 0.237 e. The number of nitrogens with zero attached hydrogens (tertiary/aromatic N) is 3. The Morgan fingerprint density at radius 3 is 2.23 bits per heavy atom. The van der Waals surface area contributed by atoms with Crippen molar-refractivity contribution in [2.45, 2.75) is 31.2 Å². The number of carbonyl (C=O) groups is 1. The van der Waals surface area contributed by atoms with Gasteiger partial charge in [-0.05, 0) is 37.3 Å². The van der Waals surface area contributed by atoms with Gasteiger partial charge in [0.1, 0.15) is 11.4 Å². The summed E-state index contributed by atoms with van der Waals surface area (Å²) in [5.74, 6) is -0.0770. The van der Waals surface area contributed by atoms with Crippen LogP contribution in [0.25, 0.3) is 33.3 Å². The van der Waals surface area contributed by atoms with Gasteiger partial charge >= 0.3 is 0 Å². The molecule has 1 aliphatic rings. The van der Waals surface area contributed by atoms with Crippen molar-refractivity contribution >= 4 is 34.1 Å². The van der Waals surface area contributed by atoms with Gasteiger partial charge in [-0.15, -0.1) is 10.2 Å². The van der Waals surface area contributed by atoms with E-state index in [9.17, 15) is 4.79 Å². The summed E-state index contributed by atoms with van der Waals surface area (Å²) in [5.41, 5.74) is 6.73. The zero-order valence-electron chi connectivity index (χ0n) is 16.9. The lowest BCUT2D eigenvalue weighted by molar-refractivity contribution is -0.115. The van der Waals surface area contributed by atoms with E-state index in [2.05, 4.69) is 39.8 Å². The predicted molar refractivity (Wildman–Crippen MR) is 122 cm³/mol. The number of nitrogens with one attached hydrogen (secondary N) is 1. The van der Waals surface area contributed by atoms with Gasteiger partial charge in [-0.2, -0.15) is 0 Å². The van der Waals surface area contributed by atoms with Crippen molar-refractivity contribution in [3.63, 3.8) is 0 Å². The van der Waals surface area contributed by atoms with E-state index in [-0.39, 0.29) is 11.2 Å². The molecule has 6 heteroatoms. The van der Waals surface area contributed by atoms with E-state index in [1.165, 1.54) is 22.5 Å². The number of rotatable bonds is 4. The second-order valence-electron chi connectivity index (χ2n) is 7.52. The lowest BCUT2D eigenvalue weighted by Crippen LogP contribution is -2.23. The number of anilines is 1. The summed E-state index contributed by atoms with van der Waals surface area (Å²) in [6.45, 7) is 5.85. The monoisotopic (exact) mass is 412 g/mol. The van der Waals surface area contributed by atoms with Gasteiger partial charge in [0.2, 0.25) is 11.1 Å². The second kappa shape index (κ2) is 7.22. The molecular formula is C24H20N4OS. The van der Waals surface area contributed by atoms with Crippen molar-refractivity contribution in [2.24, 2.45) is 0 Å². The molecule has 1 amide bonds. The third-order valence-corrected chi connectivity index (χ3v) is 6.41. The van der Waals surface area contributed by atoms with E-state index >= 15 is 0 Å². The molecule has 0 fully saturated rings. The Hall–Kier alpha value is -3.25. The molecule has 1 unspecified atom stereocenters. The van der Waals surface area contributed by atoms with Gasteiger partial charge in [0.05, 0.1) is 5.25 Å². The molecular weight excluding hydrogens is 392 g/mol. The Morgan fingerprint density at radius 2 is 1.53 bits per heavy atom. The summed E-state index contributed by atoms with van der Waals surface area (Å²) in [5, 5.41) is 14.3. The molecule has 5 rings (SSSR count). The highest BCUT2D eigenvalue weighted by Crippen LogP contribution is 2.45. The van der Waals surface area contributed by atoms with Crippen molar-refractivity contribution < 1.29 is 4.79 Å². The average Bonchev–Trinajstić information content (AvgIpc) is 3.06. The first-order valence-electron chi connectivity index (χ1n) is 9.84. The first-order valence-corrected chi connectivity index (χ1v) is 10.7. The molecule has 30 heavy (non-hydrogen) atoms. The van der Waals surface area contributed by atoms with E-state index in [4.69, 9.17) is 4.98 Å². The molecule has 0 aliphatic heterocycles. The largest absolute Gasteiger partial charge is 0.325 e. The van der Waals surface area contributed by atoms with Gasteiger partial charge < -0.3 is 5.32 Å². The van der Waals surface area contributed by atoms with E-state index in [1.54, 1.807) is 0 Å². The fourth-order valence-corrected chi connectivity index (χ4v) is 4.63. The molecule has 1 aromatic heterocycles. The Kier molecular flexibility index (Phi) is 4.51. The molecule has 0 saturated carbocycles. The van der Waals surface area contributed by atoms with E-state index in [0.717, 1.165) is 39.3 Å².